The molecule has 0 unspecified atom stereocenters. The van der Waals surface area contributed by atoms with Gasteiger partial charge in [-0.3, -0.25) is 14.9 Å². The maximum atomic E-state index is 13.7. The Morgan fingerprint density at radius 1 is 0.906 bits per heavy atom. The first-order valence-electron chi connectivity index (χ1n) is 9.87. The summed E-state index contributed by atoms with van der Waals surface area (Å²) < 4.78 is 42.6. The largest absolute Gasteiger partial charge is 0.418 e. The maximum absolute atomic E-state index is 13.7. The van der Waals surface area contributed by atoms with Crippen LogP contribution in [0.4, 0.5) is 13.2 Å². The van der Waals surface area contributed by atoms with Gasteiger partial charge in [0.2, 0.25) is 0 Å². The van der Waals surface area contributed by atoms with Crippen LogP contribution in [0.15, 0.2) is 54.9 Å². The number of imide groups is 1. The van der Waals surface area contributed by atoms with Crippen molar-refractivity contribution in [1.29, 1.82) is 0 Å². The number of hydrogen-bond donors (Lipinski definition) is 3. The summed E-state index contributed by atoms with van der Waals surface area (Å²) in [6.07, 6.45) is -1.50. The lowest BCUT2D eigenvalue weighted by molar-refractivity contribution is -0.136. The van der Waals surface area contributed by atoms with E-state index in [9.17, 15) is 22.8 Å². The lowest BCUT2D eigenvalue weighted by Gasteiger charge is -2.11. The lowest BCUT2D eigenvalue weighted by atomic mass is 9.95. The molecular formula is C23H17F3N4O2. The fraction of sp³-hybridized carbons (Fsp3) is 0.130. The normalized spacial score (nSPS) is 14.8. The SMILES string of the molecule is NCCn1cc(C2=C(c3c[nH]c4ccccc34)C(=O)NC2=O)c2cccc(C(F)(F)F)c21. The summed E-state index contributed by atoms with van der Waals surface area (Å²) in [6.45, 7) is 0.226. The first-order chi connectivity index (χ1) is 15.3. The third-order valence-electron chi connectivity index (χ3n) is 5.63. The van der Waals surface area contributed by atoms with Crippen LogP contribution in [-0.2, 0) is 22.3 Å². The smallest absolute Gasteiger partial charge is 0.361 e. The van der Waals surface area contributed by atoms with Crippen LogP contribution < -0.4 is 11.1 Å². The van der Waals surface area contributed by atoms with Crippen LogP contribution >= 0.6 is 0 Å². The van der Waals surface area contributed by atoms with Crippen LogP contribution in [-0.4, -0.2) is 27.9 Å². The third-order valence-corrected chi connectivity index (χ3v) is 5.63. The van der Waals surface area contributed by atoms with Gasteiger partial charge < -0.3 is 15.3 Å². The number of hydrogen-bond acceptors (Lipinski definition) is 3. The Kier molecular flexibility index (Phi) is 4.45. The van der Waals surface area contributed by atoms with Crippen molar-refractivity contribution < 1.29 is 22.8 Å². The van der Waals surface area contributed by atoms with E-state index in [4.69, 9.17) is 5.73 Å². The van der Waals surface area contributed by atoms with E-state index in [0.717, 1.165) is 17.0 Å². The molecule has 0 atom stereocenters. The molecule has 0 saturated heterocycles. The van der Waals surface area contributed by atoms with Crippen molar-refractivity contribution in [2.75, 3.05) is 6.54 Å². The van der Waals surface area contributed by atoms with E-state index in [-0.39, 0.29) is 40.7 Å². The molecule has 9 heteroatoms. The van der Waals surface area contributed by atoms with Crippen LogP contribution in [0.5, 0.6) is 0 Å². The first-order valence-corrected chi connectivity index (χ1v) is 9.87. The highest BCUT2D eigenvalue weighted by Gasteiger charge is 2.38. The molecule has 32 heavy (non-hydrogen) atoms. The Morgan fingerprint density at radius 3 is 2.31 bits per heavy atom. The van der Waals surface area contributed by atoms with Gasteiger partial charge >= 0.3 is 6.18 Å². The average molecular weight is 438 g/mol. The van der Waals surface area contributed by atoms with E-state index in [2.05, 4.69) is 10.3 Å². The van der Waals surface area contributed by atoms with E-state index in [1.165, 1.54) is 22.9 Å². The quantitative estimate of drug-likeness (QED) is 0.425. The van der Waals surface area contributed by atoms with Gasteiger partial charge in [-0.1, -0.05) is 30.3 Å². The number of nitrogens with zero attached hydrogens (tertiary/aromatic N) is 1. The average Bonchev–Trinajstić information content (AvgIpc) is 3.41. The second-order valence-electron chi connectivity index (χ2n) is 7.51. The zero-order chi connectivity index (χ0) is 22.6. The molecule has 4 N–H and O–H groups in total. The van der Waals surface area contributed by atoms with Gasteiger partial charge in [0.25, 0.3) is 11.8 Å². The number of rotatable bonds is 4. The molecular weight excluding hydrogens is 421 g/mol. The van der Waals surface area contributed by atoms with Gasteiger partial charge in [0, 0.05) is 52.9 Å². The zero-order valence-corrected chi connectivity index (χ0v) is 16.6. The Labute approximate surface area is 179 Å². The number of aromatic nitrogens is 2. The molecule has 1 aliphatic heterocycles. The number of nitrogens with one attached hydrogen (secondary N) is 2. The number of carbonyl (C=O) groups excluding carboxylic acids is 2. The number of H-pyrrole nitrogens is 1. The molecule has 3 heterocycles. The minimum Gasteiger partial charge on any atom is -0.361 e. The number of benzene rings is 2. The van der Waals surface area contributed by atoms with E-state index in [0.29, 0.717) is 5.56 Å². The number of nitrogens with two attached hydrogens (primary N) is 1. The molecule has 0 fully saturated rings. The Bertz CT molecular complexity index is 1440. The monoisotopic (exact) mass is 438 g/mol. The van der Waals surface area contributed by atoms with Crippen molar-refractivity contribution in [1.82, 2.24) is 14.9 Å². The topological polar surface area (TPSA) is 92.9 Å². The van der Waals surface area contributed by atoms with Crippen molar-refractivity contribution >= 4 is 44.8 Å². The van der Waals surface area contributed by atoms with Crippen LogP contribution in [0.25, 0.3) is 33.0 Å². The van der Waals surface area contributed by atoms with Gasteiger partial charge in [0.05, 0.1) is 22.2 Å². The molecule has 4 aromatic rings. The highest BCUT2D eigenvalue weighted by atomic mass is 19.4. The number of para-hydroxylation sites is 2. The van der Waals surface area contributed by atoms with Gasteiger partial charge in [-0.15, -0.1) is 0 Å². The van der Waals surface area contributed by atoms with Gasteiger partial charge in [-0.25, -0.2) is 0 Å². The minimum atomic E-state index is -4.59. The predicted octanol–water partition coefficient (Wildman–Crippen LogP) is 3.67. The standard InChI is InChI=1S/C23H17F3N4O2/c24-23(25,26)16-6-3-5-13-15(11-30(9-8-27)20(13)16)19-18(21(31)29-22(19)32)14-10-28-17-7-2-1-4-12(14)17/h1-7,10-11,28H,8-9,27H2,(H,29,31,32). The number of fused-ring (bicyclic) bond motifs is 2. The van der Waals surface area contributed by atoms with Crippen LogP contribution in [0, 0.1) is 0 Å². The summed E-state index contributed by atoms with van der Waals surface area (Å²) in [5.74, 6) is -1.25. The summed E-state index contributed by atoms with van der Waals surface area (Å²) >= 11 is 0. The number of alkyl halides is 3. The molecule has 0 spiro atoms. The Balaban J connectivity index is 1.85. The molecule has 1 aliphatic rings. The molecule has 0 saturated carbocycles. The molecule has 2 aromatic heterocycles. The molecule has 162 valence electrons. The first kappa shape index (κ1) is 20.1. The predicted molar refractivity (Wildman–Crippen MR) is 114 cm³/mol. The molecule has 0 radical (unpaired) electrons. The number of amides is 2. The molecule has 6 nitrogen and oxygen atoms in total. The van der Waals surface area contributed by atoms with E-state index < -0.39 is 23.6 Å². The second kappa shape index (κ2) is 7.10. The minimum absolute atomic E-state index is 0.0415. The number of carbonyl (C=O) groups is 2. The fourth-order valence-corrected chi connectivity index (χ4v) is 4.35. The maximum Gasteiger partial charge on any atom is 0.418 e. The summed E-state index contributed by atoms with van der Waals surface area (Å²) in [5, 5.41) is 3.25. The van der Waals surface area contributed by atoms with Crippen molar-refractivity contribution in [3.05, 3.63) is 71.5 Å². The number of halogens is 3. The Hall–Kier alpha value is -3.85. The Morgan fingerprint density at radius 2 is 1.59 bits per heavy atom. The van der Waals surface area contributed by atoms with Crippen LogP contribution in [0.1, 0.15) is 16.7 Å². The van der Waals surface area contributed by atoms with Crippen molar-refractivity contribution in [3.63, 3.8) is 0 Å². The zero-order valence-electron chi connectivity index (χ0n) is 16.6. The van der Waals surface area contributed by atoms with Crippen molar-refractivity contribution in [2.24, 2.45) is 5.73 Å². The molecule has 2 amide bonds. The van der Waals surface area contributed by atoms with Gasteiger partial charge in [0.1, 0.15) is 0 Å². The highest BCUT2D eigenvalue weighted by molar-refractivity contribution is 6.50. The molecule has 0 bridgehead atoms. The van der Waals surface area contributed by atoms with E-state index >= 15 is 0 Å². The lowest BCUT2D eigenvalue weighted by Crippen LogP contribution is -2.22. The summed E-state index contributed by atoms with van der Waals surface area (Å²) in [6, 6.07) is 11.1. The molecule has 5 rings (SSSR count). The second-order valence-corrected chi connectivity index (χ2v) is 7.51. The van der Waals surface area contributed by atoms with Gasteiger partial charge in [0.15, 0.2) is 0 Å². The van der Waals surface area contributed by atoms with Crippen molar-refractivity contribution in [3.8, 4) is 0 Å². The summed E-state index contributed by atoms with van der Waals surface area (Å²) in [5.41, 5.74) is 6.43. The van der Waals surface area contributed by atoms with Crippen molar-refractivity contribution in [2.45, 2.75) is 12.7 Å². The van der Waals surface area contributed by atoms with E-state index in [1.807, 2.05) is 12.1 Å². The van der Waals surface area contributed by atoms with Gasteiger partial charge in [-0.05, 0) is 12.1 Å². The number of aromatic amines is 1. The van der Waals surface area contributed by atoms with Crippen LogP contribution in [0.3, 0.4) is 0 Å². The van der Waals surface area contributed by atoms with Crippen LogP contribution in [0.2, 0.25) is 0 Å². The fourth-order valence-electron chi connectivity index (χ4n) is 4.35. The molecule has 0 aliphatic carbocycles. The third kappa shape index (κ3) is 2.93. The molecule has 2 aromatic carbocycles. The van der Waals surface area contributed by atoms with Gasteiger partial charge in [-0.2, -0.15) is 13.2 Å². The summed E-state index contributed by atoms with van der Waals surface area (Å²) in [7, 11) is 0. The van der Waals surface area contributed by atoms with E-state index in [1.54, 1.807) is 18.3 Å². The summed E-state index contributed by atoms with van der Waals surface area (Å²) in [4.78, 5) is 28.7. The highest BCUT2D eigenvalue weighted by Crippen LogP contribution is 2.41.